The van der Waals surface area contributed by atoms with Crippen LogP contribution in [0, 0.1) is 6.92 Å². The lowest BCUT2D eigenvalue weighted by Gasteiger charge is -2.10. The van der Waals surface area contributed by atoms with Gasteiger partial charge in [-0.3, -0.25) is 0 Å². The Hall–Kier alpha value is -1.04. The minimum absolute atomic E-state index is 0.110. The third kappa shape index (κ3) is 3.04. The highest BCUT2D eigenvalue weighted by atomic mass is 79.9. The molecule has 0 unspecified atom stereocenters. The lowest BCUT2D eigenvalue weighted by Crippen LogP contribution is -2.00. The average Bonchev–Trinajstić information content (AvgIpc) is 2.24. The number of benzene rings is 1. The molecule has 0 amide bonds. The third-order valence-corrected chi connectivity index (χ3v) is 3.48. The molecule has 1 aromatic heterocycles. The fourth-order valence-electron chi connectivity index (χ4n) is 1.38. The van der Waals surface area contributed by atoms with Crippen molar-refractivity contribution in [1.82, 2.24) is 9.97 Å². The van der Waals surface area contributed by atoms with Crippen LogP contribution in [0.3, 0.4) is 0 Å². The Labute approximate surface area is 123 Å². The Bertz CT molecular complexity index is 584. The molecule has 0 fully saturated rings. The lowest BCUT2D eigenvalue weighted by molar-refractivity contribution is 1.18. The standard InChI is InChI=1S/C11H9BrCl2N4/c1-5-2-6(12)8(3-7(5)13)16-10-4-9(14)17-11(15)18-10/h2-4H,1H3,(H3,15,16,17,18). The van der Waals surface area contributed by atoms with Crippen LogP contribution >= 0.6 is 39.1 Å². The number of rotatable bonds is 2. The Morgan fingerprint density at radius 1 is 1.22 bits per heavy atom. The first kappa shape index (κ1) is 13.4. The molecule has 0 atom stereocenters. The van der Waals surface area contributed by atoms with Crippen molar-refractivity contribution < 1.29 is 0 Å². The van der Waals surface area contributed by atoms with Crippen molar-refractivity contribution in [2.75, 3.05) is 11.1 Å². The van der Waals surface area contributed by atoms with Crippen molar-refractivity contribution in [2.45, 2.75) is 6.92 Å². The fraction of sp³-hybridized carbons (Fsp3) is 0.0909. The van der Waals surface area contributed by atoms with Crippen molar-refractivity contribution in [3.05, 3.63) is 38.4 Å². The van der Waals surface area contributed by atoms with Gasteiger partial charge >= 0.3 is 0 Å². The third-order valence-electron chi connectivity index (χ3n) is 2.22. The maximum absolute atomic E-state index is 6.07. The van der Waals surface area contributed by atoms with Gasteiger partial charge in [-0.2, -0.15) is 4.98 Å². The molecule has 94 valence electrons. The molecule has 0 saturated carbocycles. The molecule has 18 heavy (non-hydrogen) atoms. The van der Waals surface area contributed by atoms with Gasteiger partial charge in [-0.05, 0) is 40.5 Å². The summed E-state index contributed by atoms with van der Waals surface area (Å²) in [6.07, 6.45) is 0. The van der Waals surface area contributed by atoms with Crippen LogP contribution in [-0.4, -0.2) is 9.97 Å². The maximum Gasteiger partial charge on any atom is 0.223 e. The summed E-state index contributed by atoms with van der Waals surface area (Å²) in [4.78, 5) is 7.81. The molecule has 0 aliphatic carbocycles. The van der Waals surface area contributed by atoms with Crippen molar-refractivity contribution >= 4 is 56.6 Å². The summed E-state index contributed by atoms with van der Waals surface area (Å²) < 4.78 is 0.873. The van der Waals surface area contributed by atoms with Gasteiger partial charge in [0.25, 0.3) is 0 Å². The van der Waals surface area contributed by atoms with E-state index in [1.165, 1.54) is 0 Å². The van der Waals surface area contributed by atoms with Crippen LogP contribution < -0.4 is 11.1 Å². The monoisotopic (exact) mass is 346 g/mol. The highest BCUT2D eigenvalue weighted by Gasteiger charge is 2.07. The summed E-state index contributed by atoms with van der Waals surface area (Å²) in [5, 5.41) is 4.01. The maximum atomic E-state index is 6.07. The van der Waals surface area contributed by atoms with Gasteiger partial charge in [-0.25, -0.2) is 4.98 Å². The fourth-order valence-corrected chi connectivity index (χ4v) is 2.29. The van der Waals surface area contributed by atoms with Crippen LogP contribution in [0.5, 0.6) is 0 Å². The molecule has 4 nitrogen and oxygen atoms in total. The second kappa shape index (κ2) is 5.30. The number of anilines is 3. The van der Waals surface area contributed by atoms with E-state index in [0.29, 0.717) is 10.8 Å². The first-order valence-corrected chi connectivity index (χ1v) is 6.53. The lowest BCUT2D eigenvalue weighted by atomic mass is 10.2. The van der Waals surface area contributed by atoms with E-state index in [1.807, 2.05) is 13.0 Å². The number of nitrogens with zero attached hydrogens (tertiary/aromatic N) is 2. The highest BCUT2D eigenvalue weighted by Crippen LogP contribution is 2.31. The van der Waals surface area contributed by atoms with Crippen LogP contribution in [-0.2, 0) is 0 Å². The molecule has 3 N–H and O–H groups in total. The second-order valence-electron chi connectivity index (χ2n) is 3.64. The van der Waals surface area contributed by atoms with E-state index >= 15 is 0 Å². The molecular formula is C11H9BrCl2N4. The Kier molecular flexibility index (Phi) is 3.94. The number of nitrogen functional groups attached to an aromatic ring is 1. The van der Waals surface area contributed by atoms with Gasteiger partial charge in [-0.15, -0.1) is 0 Å². The normalized spacial score (nSPS) is 10.4. The van der Waals surface area contributed by atoms with Gasteiger partial charge in [0.2, 0.25) is 5.95 Å². The number of nitrogens with two attached hydrogens (primary N) is 1. The highest BCUT2D eigenvalue weighted by molar-refractivity contribution is 9.10. The average molecular weight is 348 g/mol. The second-order valence-corrected chi connectivity index (χ2v) is 5.29. The van der Waals surface area contributed by atoms with E-state index in [0.717, 1.165) is 15.7 Å². The number of hydrogen-bond acceptors (Lipinski definition) is 4. The minimum atomic E-state index is 0.110. The van der Waals surface area contributed by atoms with E-state index in [4.69, 9.17) is 28.9 Å². The van der Waals surface area contributed by atoms with Crippen LogP contribution in [0.4, 0.5) is 17.5 Å². The first-order chi connectivity index (χ1) is 8.45. The molecular weight excluding hydrogens is 339 g/mol. The number of nitrogens with one attached hydrogen (secondary N) is 1. The molecule has 0 spiro atoms. The number of hydrogen-bond donors (Lipinski definition) is 2. The van der Waals surface area contributed by atoms with Crippen LogP contribution in [0.15, 0.2) is 22.7 Å². The summed E-state index contributed by atoms with van der Waals surface area (Å²) >= 11 is 15.3. The molecule has 0 radical (unpaired) electrons. The van der Waals surface area contributed by atoms with Gasteiger partial charge in [0.15, 0.2) is 0 Å². The van der Waals surface area contributed by atoms with Gasteiger partial charge in [0.05, 0.1) is 5.69 Å². The molecule has 2 rings (SSSR count). The van der Waals surface area contributed by atoms with E-state index in [2.05, 4.69) is 31.2 Å². The Morgan fingerprint density at radius 3 is 2.61 bits per heavy atom. The number of aryl methyl sites for hydroxylation is 1. The van der Waals surface area contributed by atoms with Crippen LogP contribution in [0.25, 0.3) is 0 Å². The summed E-state index contributed by atoms with van der Waals surface area (Å²) in [6, 6.07) is 5.29. The van der Waals surface area contributed by atoms with Gasteiger partial charge in [-0.1, -0.05) is 23.2 Å². The van der Waals surface area contributed by atoms with Gasteiger partial charge < -0.3 is 11.1 Å². The van der Waals surface area contributed by atoms with Crippen molar-refractivity contribution in [1.29, 1.82) is 0 Å². The van der Waals surface area contributed by atoms with Crippen molar-refractivity contribution in [3.8, 4) is 0 Å². The molecule has 0 aliphatic rings. The predicted octanol–water partition coefficient (Wildman–Crippen LogP) is 4.18. The first-order valence-electron chi connectivity index (χ1n) is 4.98. The summed E-state index contributed by atoms with van der Waals surface area (Å²) in [5.41, 5.74) is 7.28. The molecule has 0 aliphatic heterocycles. The zero-order valence-electron chi connectivity index (χ0n) is 9.34. The SMILES string of the molecule is Cc1cc(Br)c(Nc2cc(Cl)nc(N)n2)cc1Cl. The summed E-state index contributed by atoms with van der Waals surface area (Å²) in [5.74, 6) is 0.618. The predicted molar refractivity (Wildman–Crippen MR) is 78.6 cm³/mol. The number of aromatic nitrogens is 2. The van der Waals surface area contributed by atoms with E-state index < -0.39 is 0 Å². The van der Waals surface area contributed by atoms with Crippen molar-refractivity contribution in [3.63, 3.8) is 0 Å². The molecule has 0 bridgehead atoms. The summed E-state index contributed by atoms with van der Waals surface area (Å²) in [7, 11) is 0. The topological polar surface area (TPSA) is 63.8 Å². The van der Waals surface area contributed by atoms with Crippen molar-refractivity contribution in [2.24, 2.45) is 0 Å². The van der Waals surface area contributed by atoms with Crippen LogP contribution in [0.1, 0.15) is 5.56 Å². The van der Waals surface area contributed by atoms with E-state index in [-0.39, 0.29) is 11.1 Å². The molecule has 2 aromatic rings. The van der Waals surface area contributed by atoms with Gasteiger partial charge in [0, 0.05) is 15.6 Å². The number of halogens is 3. The van der Waals surface area contributed by atoms with Gasteiger partial charge in [0.1, 0.15) is 11.0 Å². The Balaban J connectivity index is 2.36. The summed E-state index contributed by atoms with van der Waals surface area (Å²) in [6.45, 7) is 1.93. The smallest absolute Gasteiger partial charge is 0.223 e. The van der Waals surface area contributed by atoms with E-state index in [9.17, 15) is 0 Å². The zero-order chi connectivity index (χ0) is 13.3. The van der Waals surface area contributed by atoms with Crippen LogP contribution in [0.2, 0.25) is 10.2 Å². The molecule has 0 saturated heterocycles. The molecule has 7 heteroatoms. The zero-order valence-corrected chi connectivity index (χ0v) is 12.4. The molecule has 1 aromatic carbocycles. The largest absolute Gasteiger partial charge is 0.368 e. The van der Waals surface area contributed by atoms with E-state index in [1.54, 1.807) is 12.1 Å². The quantitative estimate of drug-likeness (QED) is 0.800. The molecule has 1 heterocycles. The Morgan fingerprint density at radius 2 is 1.94 bits per heavy atom. The minimum Gasteiger partial charge on any atom is -0.368 e.